The molecular weight excluding hydrogens is 268 g/mol. The standard InChI is InChI=1S/C13H13F2N3O2/c14-13(15)19-10-3-1-2-8(6-10)12-17-11(18-20-12)7-16-9-4-5-9/h1-3,6,9,13,16H,4-5,7H2. The summed E-state index contributed by atoms with van der Waals surface area (Å²) in [5, 5.41) is 7.11. The molecule has 0 saturated heterocycles. The lowest BCUT2D eigenvalue weighted by atomic mass is 10.2. The molecule has 1 aromatic carbocycles. The minimum absolute atomic E-state index is 0.0633. The zero-order chi connectivity index (χ0) is 13.9. The molecule has 5 nitrogen and oxygen atoms in total. The molecule has 20 heavy (non-hydrogen) atoms. The van der Waals surface area contributed by atoms with Gasteiger partial charge in [-0.05, 0) is 31.0 Å². The van der Waals surface area contributed by atoms with Crippen LogP contribution in [0.2, 0.25) is 0 Å². The molecule has 3 rings (SSSR count). The molecule has 106 valence electrons. The lowest BCUT2D eigenvalue weighted by molar-refractivity contribution is -0.0498. The molecule has 7 heteroatoms. The van der Waals surface area contributed by atoms with Gasteiger partial charge < -0.3 is 14.6 Å². The number of ether oxygens (including phenoxy) is 1. The third-order valence-electron chi connectivity index (χ3n) is 2.90. The van der Waals surface area contributed by atoms with Crippen molar-refractivity contribution in [3.8, 4) is 17.2 Å². The van der Waals surface area contributed by atoms with Gasteiger partial charge in [-0.1, -0.05) is 11.2 Å². The number of alkyl halides is 2. The zero-order valence-electron chi connectivity index (χ0n) is 10.6. The van der Waals surface area contributed by atoms with E-state index in [0.29, 0.717) is 24.0 Å². The summed E-state index contributed by atoms with van der Waals surface area (Å²) in [7, 11) is 0. The first-order chi connectivity index (χ1) is 9.70. The van der Waals surface area contributed by atoms with Gasteiger partial charge in [0.05, 0.1) is 6.54 Å². The Morgan fingerprint density at radius 1 is 1.40 bits per heavy atom. The van der Waals surface area contributed by atoms with Gasteiger partial charge in [0.2, 0.25) is 0 Å². The Morgan fingerprint density at radius 3 is 3.00 bits per heavy atom. The molecule has 1 aromatic heterocycles. The number of halogens is 2. The van der Waals surface area contributed by atoms with E-state index in [1.807, 2.05) is 0 Å². The van der Waals surface area contributed by atoms with Crippen LogP contribution in [0.5, 0.6) is 5.75 Å². The second-order valence-corrected chi connectivity index (χ2v) is 4.58. The van der Waals surface area contributed by atoms with Crippen molar-refractivity contribution in [3.05, 3.63) is 30.1 Å². The summed E-state index contributed by atoms with van der Waals surface area (Å²) in [4.78, 5) is 4.22. The average Bonchev–Trinajstić information content (AvgIpc) is 3.13. The highest BCUT2D eigenvalue weighted by molar-refractivity contribution is 5.55. The van der Waals surface area contributed by atoms with Crippen LogP contribution in [-0.4, -0.2) is 22.8 Å². The van der Waals surface area contributed by atoms with E-state index in [0.717, 1.165) is 0 Å². The van der Waals surface area contributed by atoms with Gasteiger partial charge in [0.25, 0.3) is 5.89 Å². The number of rotatable bonds is 6. The van der Waals surface area contributed by atoms with Gasteiger partial charge in [-0.3, -0.25) is 0 Å². The van der Waals surface area contributed by atoms with E-state index >= 15 is 0 Å². The third-order valence-corrected chi connectivity index (χ3v) is 2.90. The van der Waals surface area contributed by atoms with E-state index in [2.05, 4.69) is 20.2 Å². The predicted octanol–water partition coefficient (Wildman–Crippen LogP) is 2.59. The van der Waals surface area contributed by atoms with Crippen molar-refractivity contribution in [1.82, 2.24) is 15.5 Å². The lowest BCUT2D eigenvalue weighted by Gasteiger charge is -2.04. The van der Waals surface area contributed by atoms with E-state index in [1.54, 1.807) is 12.1 Å². The summed E-state index contributed by atoms with van der Waals surface area (Å²) in [6.07, 6.45) is 2.36. The fraction of sp³-hybridized carbons (Fsp3) is 0.385. The predicted molar refractivity (Wildman–Crippen MR) is 66.2 cm³/mol. The van der Waals surface area contributed by atoms with Gasteiger partial charge in [-0.2, -0.15) is 13.8 Å². The van der Waals surface area contributed by atoms with Crippen LogP contribution >= 0.6 is 0 Å². The monoisotopic (exact) mass is 281 g/mol. The first-order valence-corrected chi connectivity index (χ1v) is 6.32. The van der Waals surface area contributed by atoms with Crippen LogP contribution in [-0.2, 0) is 6.54 Å². The molecule has 0 unspecified atom stereocenters. The van der Waals surface area contributed by atoms with E-state index < -0.39 is 6.61 Å². The van der Waals surface area contributed by atoms with Crippen molar-refractivity contribution in [2.75, 3.05) is 0 Å². The van der Waals surface area contributed by atoms with Gasteiger partial charge in [0.1, 0.15) is 5.75 Å². The summed E-state index contributed by atoms with van der Waals surface area (Å²) >= 11 is 0. The number of hydrogen-bond donors (Lipinski definition) is 1. The van der Waals surface area contributed by atoms with Gasteiger partial charge in [-0.25, -0.2) is 0 Å². The third kappa shape index (κ3) is 3.30. The van der Waals surface area contributed by atoms with Crippen LogP contribution in [0.4, 0.5) is 8.78 Å². The van der Waals surface area contributed by atoms with Gasteiger partial charge in [-0.15, -0.1) is 0 Å². The Labute approximate surface area is 113 Å². The quantitative estimate of drug-likeness (QED) is 0.881. The molecular formula is C13H13F2N3O2. The maximum atomic E-state index is 12.2. The highest BCUT2D eigenvalue weighted by Crippen LogP contribution is 2.24. The molecule has 1 aliphatic carbocycles. The van der Waals surface area contributed by atoms with E-state index in [1.165, 1.54) is 25.0 Å². The summed E-state index contributed by atoms with van der Waals surface area (Å²) in [5.41, 5.74) is 0.549. The second-order valence-electron chi connectivity index (χ2n) is 4.58. The van der Waals surface area contributed by atoms with Crippen LogP contribution in [0, 0.1) is 0 Å². The molecule has 1 fully saturated rings. The average molecular weight is 281 g/mol. The molecule has 1 aliphatic rings. The topological polar surface area (TPSA) is 60.2 Å². The Kier molecular flexibility index (Phi) is 3.60. The Morgan fingerprint density at radius 2 is 2.25 bits per heavy atom. The number of benzene rings is 1. The van der Waals surface area contributed by atoms with Crippen molar-refractivity contribution in [3.63, 3.8) is 0 Å². The van der Waals surface area contributed by atoms with E-state index in [9.17, 15) is 8.78 Å². The second kappa shape index (κ2) is 5.54. The van der Waals surface area contributed by atoms with Gasteiger partial charge >= 0.3 is 6.61 Å². The van der Waals surface area contributed by atoms with Crippen LogP contribution in [0.25, 0.3) is 11.5 Å². The first-order valence-electron chi connectivity index (χ1n) is 6.32. The first kappa shape index (κ1) is 13.0. The minimum atomic E-state index is -2.86. The molecule has 1 saturated carbocycles. The summed E-state index contributed by atoms with van der Waals surface area (Å²) in [6.45, 7) is -2.31. The van der Waals surface area contributed by atoms with Gasteiger partial charge in [0, 0.05) is 11.6 Å². The zero-order valence-corrected chi connectivity index (χ0v) is 10.6. The van der Waals surface area contributed by atoms with Crippen molar-refractivity contribution in [2.45, 2.75) is 32.0 Å². The van der Waals surface area contributed by atoms with Crippen molar-refractivity contribution >= 4 is 0 Å². The number of nitrogens with one attached hydrogen (secondary N) is 1. The minimum Gasteiger partial charge on any atom is -0.435 e. The molecule has 0 spiro atoms. The fourth-order valence-electron chi connectivity index (χ4n) is 1.77. The molecule has 1 heterocycles. The summed E-state index contributed by atoms with van der Waals surface area (Å²) in [6, 6.07) is 6.74. The van der Waals surface area contributed by atoms with Crippen molar-refractivity contribution in [1.29, 1.82) is 0 Å². The molecule has 0 radical (unpaired) electrons. The highest BCUT2D eigenvalue weighted by atomic mass is 19.3. The molecule has 0 amide bonds. The number of aromatic nitrogens is 2. The van der Waals surface area contributed by atoms with Crippen molar-refractivity contribution < 1.29 is 18.0 Å². The molecule has 0 bridgehead atoms. The lowest BCUT2D eigenvalue weighted by Crippen LogP contribution is -2.16. The Hall–Kier alpha value is -2.02. The highest BCUT2D eigenvalue weighted by Gasteiger charge is 2.21. The maximum absolute atomic E-state index is 12.2. The maximum Gasteiger partial charge on any atom is 0.387 e. The number of nitrogens with zero attached hydrogens (tertiary/aromatic N) is 2. The van der Waals surface area contributed by atoms with Crippen LogP contribution < -0.4 is 10.1 Å². The Bertz CT molecular complexity index is 585. The summed E-state index contributed by atoms with van der Waals surface area (Å²) in [5.74, 6) is 0.901. The fourth-order valence-corrected chi connectivity index (χ4v) is 1.77. The normalized spacial score (nSPS) is 14.8. The SMILES string of the molecule is FC(F)Oc1cccc(-c2nc(CNC3CC3)no2)c1. The molecule has 2 aromatic rings. The summed E-state index contributed by atoms with van der Waals surface area (Å²) < 4.78 is 33.8. The smallest absolute Gasteiger partial charge is 0.387 e. The molecule has 0 atom stereocenters. The number of hydrogen-bond acceptors (Lipinski definition) is 5. The van der Waals surface area contributed by atoms with Crippen molar-refractivity contribution in [2.24, 2.45) is 0 Å². The Balaban J connectivity index is 1.71. The largest absolute Gasteiger partial charge is 0.435 e. The van der Waals surface area contributed by atoms with Crippen LogP contribution in [0.15, 0.2) is 28.8 Å². The van der Waals surface area contributed by atoms with E-state index in [-0.39, 0.29) is 11.6 Å². The molecule has 0 aliphatic heterocycles. The molecule has 1 N–H and O–H groups in total. The van der Waals surface area contributed by atoms with E-state index in [4.69, 9.17) is 4.52 Å². The van der Waals surface area contributed by atoms with Gasteiger partial charge in [0.15, 0.2) is 5.82 Å². The van der Waals surface area contributed by atoms with Crippen LogP contribution in [0.1, 0.15) is 18.7 Å². The van der Waals surface area contributed by atoms with Crippen LogP contribution in [0.3, 0.4) is 0 Å².